The topological polar surface area (TPSA) is 223 Å². The Morgan fingerprint density at radius 2 is 1.58 bits per heavy atom. The van der Waals surface area contributed by atoms with Crippen LogP contribution in [0.1, 0.15) is 70.7 Å². The molecule has 0 bridgehead atoms. The van der Waals surface area contributed by atoms with Gasteiger partial charge in [-0.05, 0) is 76.4 Å². The molecule has 0 aliphatic carbocycles. The van der Waals surface area contributed by atoms with Crippen LogP contribution in [0, 0.1) is 20.8 Å². The van der Waals surface area contributed by atoms with Gasteiger partial charge in [-0.3, -0.25) is 24.2 Å². The second kappa shape index (κ2) is 20.3. The first-order chi connectivity index (χ1) is 28.1. The highest BCUT2D eigenvalue weighted by atomic mass is 32.2. The number of carbonyl (C=O) groups excluding carboxylic acids is 5. The third kappa shape index (κ3) is 12.4. The Morgan fingerprint density at radius 1 is 0.917 bits per heavy atom. The molecule has 328 valence electrons. The van der Waals surface area contributed by atoms with Gasteiger partial charge in [0, 0.05) is 50.3 Å². The Kier molecular flexibility index (Phi) is 16.0. The number of ether oxygens (including phenoxy) is 6. The quantitative estimate of drug-likeness (QED) is 0.0549. The van der Waals surface area contributed by atoms with Gasteiger partial charge >= 0.3 is 23.9 Å². The van der Waals surface area contributed by atoms with E-state index in [2.05, 4.69) is 20.3 Å². The molecule has 3 N–H and O–H groups in total. The molecule has 0 saturated heterocycles. The van der Waals surface area contributed by atoms with Crippen molar-refractivity contribution in [2.24, 2.45) is 4.99 Å². The van der Waals surface area contributed by atoms with Gasteiger partial charge in [-0.15, -0.1) is 11.8 Å². The van der Waals surface area contributed by atoms with Crippen molar-refractivity contribution in [2.75, 3.05) is 25.5 Å². The Bertz CT molecular complexity index is 2120. The predicted octanol–water partition coefficient (Wildman–Crippen LogP) is 3.49. The van der Waals surface area contributed by atoms with Gasteiger partial charge in [0.25, 0.3) is 10.0 Å². The lowest BCUT2D eigenvalue weighted by atomic mass is 9.91. The molecule has 19 heteroatoms. The molecule has 2 aliphatic heterocycles. The lowest BCUT2D eigenvalue weighted by Crippen LogP contribution is -2.65. The van der Waals surface area contributed by atoms with Gasteiger partial charge in [0.15, 0.2) is 18.3 Å². The lowest BCUT2D eigenvalue weighted by Gasteiger charge is -2.42. The summed E-state index contributed by atoms with van der Waals surface area (Å²) in [6, 6.07) is 6.96. The molecular weight excluding hydrogens is 821 g/mol. The molecule has 0 radical (unpaired) electrons. The number of nitrogens with zero attached hydrogens (tertiary/aromatic N) is 1. The fourth-order valence-corrected chi connectivity index (χ4v) is 9.27. The number of thioether (sulfide) groups is 1. The minimum Gasteiger partial charge on any atom is -0.487 e. The second-order valence-corrected chi connectivity index (χ2v) is 17.6. The molecule has 0 fully saturated rings. The fourth-order valence-electron chi connectivity index (χ4n) is 6.94. The van der Waals surface area contributed by atoms with Gasteiger partial charge in [-0.1, -0.05) is 18.2 Å². The van der Waals surface area contributed by atoms with Gasteiger partial charge < -0.3 is 39.1 Å². The number of carbonyl (C=O) groups is 5. The van der Waals surface area contributed by atoms with Crippen LogP contribution in [-0.2, 0) is 64.1 Å². The molecule has 5 atom stereocenters. The molecule has 2 aromatic carbocycles. The molecule has 0 aromatic heterocycles. The monoisotopic (exact) mass is 874 g/mol. The first-order valence-electron chi connectivity index (χ1n) is 19.3. The molecule has 60 heavy (non-hydrogen) atoms. The van der Waals surface area contributed by atoms with E-state index < -0.39 is 88.2 Å². The number of aliphatic imine (C=N–C) groups is 1. The van der Waals surface area contributed by atoms with E-state index in [0.29, 0.717) is 34.6 Å². The zero-order chi connectivity index (χ0) is 44.5. The highest BCUT2D eigenvalue weighted by Crippen LogP contribution is 2.43. The van der Waals surface area contributed by atoms with Crippen molar-refractivity contribution >= 4 is 57.5 Å². The van der Waals surface area contributed by atoms with Crippen LogP contribution in [-0.4, -0.2) is 106 Å². The van der Waals surface area contributed by atoms with Crippen molar-refractivity contribution in [1.29, 1.82) is 0 Å². The van der Waals surface area contributed by atoms with Crippen LogP contribution in [0.15, 0.2) is 57.0 Å². The van der Waals surface area contributed by atoms with Crippen molar-refractivity contribution < 1.29 is 60.8 Å². The van der Waals surface area contributed by atoms with E-state index in [1.807, 2.05) is 44.2 Å². The summed E-state index contributed by atoms with van der Waals surface area (Å²) in [5.41, 5.74) is 1.85. The maximum absolute atomic E-state index is 14.6. The SMILES string of the molecule is CCOC(=O)C1=C[C@H](NC(=NCCSc2ccccc2)NS(=O)(=O)c2c(C)c(C)c3c(c2C)CC(C)(C)O3)[C@@H](NC(C)=O)[C@H]([C@H](OC(C)=O)[C@@H](COC(C)=O)OC(C)=O)O1. The van der Waals surface area contributed by atoms with Crippen molar-refractivity contribution in [2.45, 2.75) is 121 Å². The number of sulfonamides is 1. The molecule has 17 nitrogen and oxygen atoms in total. The number of hydrogen-bond acceptors (Lipinski definition) is 15. The van der Waals surface area contributed by atoms with Crippen LogP contribution in [0.25, 0.3) is 0 Å². The van der Waals surface area contributed by atoms with Crippen LogP contribution in [0.5, 0.6) is 5.75 Å². The second-order valence-electron chi connectivity index (χ2n) is 14.8. The molecule has 0 spiro atoms. The molecule has 1 amide bonds. The number of benzene rings is 2. The van der Waals surface area contributed by atoms with E-state index in [1.165, 1.54) is 24.8 Å². The number of hydrogen-bond donors (Lipinski definition) is 3. The van der Waals surface area contributed by atoms with E-state index >= 15 is 0 Å². The van der Waals surface area contributed by atoms with Crippen molar-refractivity contribution in [1.82, 2.24) is 15.4 Å². The van der Waals surface area contributed by atoms with Gasteiger partial charge in [0.2, 0.25) is 17.6 Å². The fraction of sp³-hybridized carbons (Fsp3) is 0.512. The zero-order valence-corrected chi connectivity index (χ0v) is 37.1. The largest absolute Gasteiger partial charge is 0.487 e. The van der Waals surface area contributed by atoms with Gasteiger partial charge in [-0.2, -0.15) is 0 Å². The average Bonchev–Trinajstić information content (AvgIpc) is 3.49. The smallest absolute Gasteiger partial charge is 0.373 e. The highest BCUT2D eigenvalue weighted by Gasteiger charge is 2.48. The predicted molar refractivity (Wildman–Crippen MR) is 221 cm³/mol. The first-order valence-corrected chi connectivity index (χ1v) is 21.7. The number of nitrogens with one attached hydrogen (secondary N) is 3. The minimum atomic E-state index is -4.42. The first kappa shape index (κ1) is 47.4. The summed E-state index contributed by atoms with van der Waals surface area (Å²) in [5, 5.41) is 5.80. The normalized spacial score (nSPS) is 19.2. The molecule has 0 unspecified atom stereocenters. The van der Waals surface area contributed by atoms with Gasteiger partial charge in [-0.25, -0.2) is 17.9 Å². The Hall–Kier alpha value is -5.30. The maximum Gasteiger partial charge on any atom is 0.373 e. The zero-order valence-electron chi connectivity index (χ0n) is 35.5. The number of esters is 4. The number of guanidine groups is 1. The standard InChI is InChI=1S/C41H54N4O13S2/c1-11-53-39(50)32-19-31(34(43-25(5)46)37(57-32)36(56-28(8)49)33(55-27(7)48)21-54-26(6)47)44-40(42-17-18-59-29-15-13-12-14-16-29)45-60(51,52)38-23(3)22(2)35-30(24(38)4)20-41(9,10)58-35/h12-16,19,31,33-34,36-37H,11,17-18,20-21H2,1-10H3,(H,43,46)(H2,42,44,45)/t31-,33+,34+,36+,37+/m0/s1. The Labute approximate surface area is 354 Å². The summed E-state index contributed by atoms with van der Waals surface area (Å²) in [7, 11) is -4.42. The van der Waals surface area contributed by atoms with Gasteiger partial charge in [0.1, 0.15) is 18.0 Å². The summed E-state index contributed by atoms with van der Waals surface area (Å²) in [5.74, 6) is -3.65. The van der Waals surface area contributed by atoms with E-state index in [-0.39, 0.29) is 24.0 Å². The van der Waals surface area contributed by atoms with Crippen LogP contribution in [0.3, 0.4) is 0 Å². The Balaban J connectivity index is 1.86. The molecular formula is C41H54N4O13S2. The summed E-state index contributed by atoms with van der Waals surface area (Å²) in [6.45, 7) is 14.5. The van der Waals surface area contributed by atoms with Crippen molar-refractivity contribution in [3.63, 3.8) is 0 Å². The van der Waals surface area contributed by atoms with Crippen LogP contribution >= 0.6 is 11.8 Å². The molecule has 0 saturated carbocycles. The number of amides is 1. The van der Waals surface area contributed by atoms with Crippen LogP contribution in [0.2, 0.25) is 0 Å². The van der Waals surface area contributed by atoms with E-state index in [9.17, 15) is 32.4 Å². The van der Waals surface area contributed by atoms with E-state index in [4.69, 9.17) is 28.4 Å². The molecule has 2 aliphatic rings. The average molecular weight is 875 g/mol. The molecule has 4 rings (SSSR count). The lowest BCUT2D eigenvalue weighted by molar-refractivity contribution is -0.188. The van der Waals surface area contributed by atoms with Crippen molar-refractivity contribution in [3.05, 3.63) is 64.4 Å². The maximum atomic E-state index is 14.6. The highest BCUT2D eigenvalue weighted by molar-refractivity contribution is 7.99. The minimum absolute atomic E-state index is 0.0313. The Morgan fingerprint density at radius 3 is 2.18 bits per heavy atom. The number of fused-ring (bicyclic) bond motifs is 1. The van der Waals surface area contributed by atoms with E-state index in [1.54, 1.807) is 27.7 Å². The third-order valence-corrected chi connectivity index (χ3v) is 12.0. The third-order valence-electron chi connectivity index (χ3n) is 9.41. The summed E-state index contributed by atoms with van der Waals surface area (Å²) < 4.78 is 65.7. The summed E-state index contributed by atoms with van der Waals surface area (Å²) in [6.07, 6.45) is -2.95. The van der Waals surface area contributed by atoms with E-state index in [0.717, 1.165) is 31.2 Å². The summed E-state index contributed by atoms with van der Waals surface area (Å²) >= 11 is 1.48. The van der Waals surface area contributed by atoms with Crippen LogP contribution in [0.4, 0.5) is 0 Å². The molecule has 2 aromatic rings. The van der Waals surface area contributed by atoms with Crippen molar-refractivity contribution in [3.8, 4) is 5.75 Å². The number of rotatable bonds is 16. The summed E-state index contributed by atoms with van der Waals surface area (Å²) in [4.78, 5) is 68.7. The van der Waals surface area contributed by atoms with Crippen LogP contribution < -0.4 is 20.1 Å². The molecule has 2 heterocycles. The van der Waals surface area contributed by atoms with Gasteiger partial charge in [0.05, 0.1) is 30.1 Å².